The minimum Gasteiger partial charge on any atom is -0.494 e. The van der Waals surface area contributed by atoms with Gasteiger partial charge < -0.3 is 29.7 Å². The third-order valence-corrected chi connectivity index (χ3v) is 16.3. The summed E-state index contributed by atoms with van der Waals surface area (Å²) in [6.07, 6.45) is 7.90. The Kier molecular flexibility index (Phi) is 13.8. The van der Waals surface area contributed by atoms with Crippen LogP contribution in [-0.2, 0) is 20.7 Å². The van der Waals surface area contributed by atoms with Gasteiger partial charge in [0.2, 0.25) is 17.8 Å². The summed E-state index contributed by atoms with van der Waals surface area (Å²) in [4.78, 5) is 68.8. The number of ether oxygens (including phenoxy) is 1. The van der Waals surface area contributed by atoms with E-state index in [1.165, 1.54) is 0 Å². The Balaban J connectivity index is 0.805. The first-order valence-corrected chi connectivity index (χ1v) is 27.8. The summed E-state index contributed by atoms with van der Waals surface area (Å²) in [5, 5.41) is 14.5. The molecule has 4 amide bonds. The van der Waals surface area contributed by atoms with Gasteiger partial charge in [0, 0.05) is 105 Å². The normalized spacial score (nSPS) is 17.8. The first kappa shape index (κ1) is 48.7. The maximum absolute atomic E-state index is 13.7. The predicted octanol–water partition coefficient (Wildman–Crippen LogP) is 7.97. The summed E-state index contributed by atoms with van der Waals surface area (Å²) in [5.41, 5.74) is 7.93. The van der Waals surface area contributed by atoms with Crippen molar-refractivity contribution in [2.24, 2.45) is 5.92 Å². The largest absolute Gasteiger partial charge is 0.494 e. The SMILES string of the molecule is CCn1cc(-c2cc(Nc3ncc(Br)c(Nc4ccc(-c5ccccc5)cc4P(C)(C)=O)n3)c(OC)cc2N2CCC(CN3CCN(c4ccc5c(c4)C(=O)N(C4CCC(=O)NC4=O)C5=O)CC3)CC2)cn1. The number of benzene rings is 4. The number of methoxy groups -OCH3 is 1. The molecule has 4 aromatic carbocycles. The summed E-state index contributed by atoms with van der Waals surface area (Å²) < 4.78 is 22.3. The van der Waals surface area contributed by atoms with E-state index in [-0.39, 0.29) is 18.4 Å². The maximum Gasteiger partial charge on any atom is 0.262 e. The molecule has 4 aliphatic rings. The molecule has 1 atom stereocenters. The van der Waals surface area contributed by atoms with Crippen LogP contribution in [0.2, 0.25) is 0 Å². The van der Waals surface area contributed by atoms with Crippen LogP contribution in [0.1, 0.15) is 53.3 Å². The molecular formula is C53H57BrN11O6P. The highest BCUT2D eigenvalue weighted by atomic mass is 79.9. The Morgan fingerprint density at radius 3 is 2.25 bits per heavy atom. The Morgan fingerprint density at radius 1 is 0.778 bits per heavy atom. The molecule has 0 radical (unpaired) electrons. The quantitative estimate of drug-likeness (QED) is 0.0704. The molecule has 19 heteroatoms. The molecule has 372 valence electrons. The molecule has 3 N–H and O–H groups in total. The van der Waals surface area contributed by atoms with Crippen molar-refractivity contribution in [2.45, 2.75) is 45.2 Å². The van der Waals surface area contributed by atoms with E-state index in [1.54, 1.807) is 38.8 Å². The van der Waals surface area contributed by atoms with E-state index < -0.39 is 36.8 Å². The van der Waals surface area contributed by atoms with Gasteiger partial charge in [-0.25, -0.2) is 4.98 Å². The number of anilines is 6. The van der Waals surface area contributed by atoms with Gasteiger partial charge in [-0.1, -0.05) is 36.4 Å². The Hall–Kier alpha value is -6.88. The number of hydrogen-bond acceptors (Lipinski definition) is 14. The zero-order chi connectivity index (χ0) is 50.3. The summed E-state index contributed by atoms with van der Waals surface area (Å²) >= 11 is 3.64. The van der Waals surface area contributed by atoms with Crippen molar-refractivity contribution < 1.29 is 28.5 Å². The molecule has 6 heterocycles. The van der Waals surface area contributed by atoms with Crippen LogP contribution in [0.4, 0.5) is 34.5 Å². The number of aryl methyl sites for hydroxylation is 1. The Labute approximate surface area is 426 Å². The average Bonchev–Trinajstić information content (AvgIpc) is 3.97. The van der Waals surface area contributed by atoms with Crippen LogP contribution in [0.3, 0.4) is 0 Å². The van der Waals surface area contributed by atoms with E-state index in [4.69, 9.17) is 9.72 Å². The highest BCUT2D eigenvalue weighted by Gasteiger charge is 2.45. The number of piperazine rings is 1. The number of carbonyl (C=O) groups is 4. The first-order valence-electron chi connectivity index (χ1n) is 24.4. The molecule has 17 nitrogen and oxygen atoms in total. The van der Waals surface area contributed by atoms with Crippen molar-refractivity contribution >= 4 is 86.5 Å². The summed E-state index contributed by atoms with van der Waals surface area (Å²) in [5.74, 6) is 0.0117. The number of carbonyl (C=O) groups excluding carboxylic acids is 4. The van der Waals surface area contributed by atoms with Gasteiger partial charge in [0.15, 0.2) is 0 Å². The van der Waals surface area contributed by atoms with Gasteiger partial charge in [-0.05, 0) is 109 Å². The molecule has 0 spiro atoms. The van der Waals surface area contributed by atoms with Gasteiger partial charge in [-0.2, -0.15) is 10.1 Å². The fraction of sp³-hybridized carbons (Fsp3) is 0.340. The van der Waals surface area contributed by atoms with Crippen LogP contribution < -0.4 is 35.8 Å². The van der Waals surface area contributed by atoms with Gasteiger partial charge in [0.05, 0.1) is 40.3 Å². The molecule has 0 bridgehead atoms. The molecule has 2 aromatic heterocycles. The number of amides is 4. The second kappa shape index (κ2) is 20.3. The minimum absolute atomic E-state index is 0.0824. The number of nitrogens with one attached hydrogen (secondary N) is 3. The van der Waals surface area contributed by atoms with Crippen molar-refractivity contribution in [2.75, 3.05) is 86.7 Å². The van der Waals surface area contributed by atoms with E-state index in [1.807, 2.05) is 65.5 Å². The molecule has 3 saturated heterocycles. The van der Waals surface area contributed by atoms with E-state index in [0.29, 0.717) is 44.8 Å². The second-order valence-electron chi connectivity index (χ2n) is 19.1. The molecular weight excluding hydrogens is 998 g/mol. The van der Waals surface area contributed by atoms with Crippen molar-refractivity contribution in [3.8, 4) is 28.0 Å². The number of imide groups is 2. The van der Waals surface area contributed by atoms with Crippen LogP contribution in [0.25, 0.3) is 22.3 Å². The number of rotatable bonds is 14. The van der Waals surface area contributed by atoms with Crippen molar-refractivity contribution in [1.82, 2.24) is 34.9 Å². The fourth-order valence-electron chi connectivity index (χ4n) is 10.2. The van der Waals surface area contributed by atoms with E-state index in [2.05, 4.69) is 81.9 Å². The van der Waals surface area contributed by atoms with E-state index >= 15 is 0 Å². The lowest BCUT2D eigenvalue weighted by molar-refractivity contribution is -0.136. The van der Waals surface area contributed by atoms with Crippen molar-refractivity contribution in [3.05, 3.63) is 113 Å². The highest BCUT2D eigenvalue weighted by molar-refractivity contribution is 9.10. The minimum atomic E-state index is -2.72. The molecule has 6 aromatic rings. The zero-order valence-electron chi connectivity index (χ0n) is 40.7. The molecule has 4 aliphatic heterocycles. The zero-order valence-corrected chi connectivity index (χ0v) is 43.2. The van der Waals surface area contributed by atoms with E-state index in [0.717, 1.165) is 109 Å². The molecule has 10 rings (SSSR count). The van der Waals surface area contributed by atoms with Crippen LogP contribution in [0.15, 0.2) is 102 Å². The van der Waals surface area contributed by atoms with Crippen LogP contribution >= 0.6 is 23.1 Å². The lowest BCUT2D eigenvalue weighted by Crippen LogP contribution is -2.54. The third kappa shape index (κ3) is 9.99. The average molecular weight is 1050 g/mol. The smallest absolute Gasteiger partial charge is 0.262 e. The summed E-state index contributed by atoms with van der Waals surface area (Å²) in [6, 6.07) is 24.5. The standard InChI is InChI=1S/C53H57BrN11O6P/c1-5-64-32-36(29-56-64)39-27-43(58-53-55-30-41(54)49(60-53)57-42-14-11-35(25-47(42)72(3,4)70)34-9-7-6-8-10-34)46(71-2)28-45(39)63-19-17-33(18-20-63)31-61-21-23-62(24-22-61)37-12-13-38-40(26-37)52(69)65(51(38)68)44-15-16-48(66)59-50(44)67/h6-14,25-30,32-33,44H,5,15-24,31H2,1-4H3,(H,59,66,67)(H2,55,57,58,60). The first-order chi connectivity index (χ1) is 34.7. The van der Waals surface area contributed by atoms with Crippen LogP contribution in [0, 0.1) is 5.92 Å². The Bertz CT molecular complexity index is 3130. The molecule has 1 unspecified atom stereocenters. The lowest BCUT2D eigenvalue weighted by Gasteiger charge is -2.40. The maximum atomic E-state index is 13.7. The second-order valence-corrected chi connectivity index (χ2v) is 23.2. The van der Waals surface area contributed by atoms with Gasteiger partial charge >= 0.3 is 0 Å². The molecule has 72 heavy (non-hydrogen) atoms. The van der Waals surface area contributed by atoms with Gasteiger partial charge in [-0.3, -0.25) is 39.0 Å². The number of hydrogen-bond donors (Lipinski definition) is 3. The topological polar surface area (TPSA) is 187 Å². The number of fused-ring (bicyclic) bond motifs is 1. The highest BCUT2D eigenvalue weighted by Crippen LogP contribution is 2.43. The number of nitrogens with zero attached hydrogens (tertiary/aromatic N) is 8. The lowest BCUT2D eigenvalue weighted by atomic mass is 9.94. The monoisotopic (exact) mass is 1050 g/mol. The van der Waals surface area contributed by atoms with Gasteiger partial charge in [0.25, 0.3) is 11.8 Å². The number of piperidine rings is 2. The van der Waals surface area contributed by atoms with Gasteiger partial charge in [0.1, 0.15) is 24.8 Å². The third-order valence-electron chi connectivity index (χ3n) is 14.1. The van der Waals surface area contributed by atoms with Crippen LogP contribution in [0.5, 0.6) is 5.75 Å². The van der Waals surface area contributed by atoms with Crippen molar-refractivity contribution in [3.63, 3.8) is 0 Å². The number of aromatic nitrogens is 4. The number of halogens is 1. The van der Waals surface area contributed by atoms with Gasteiger partial charge in [-0.15, -0.1) is 0 Å². The predicted molar refractivity (Wildman–Crippen MR) is 284 cm³/mol. The Morgan fingerprint density at radius 2 is 1.54 bits per heavy atom. The molecule has 0 aliphatic carbocycles. The fourth-order valence-corrected chi connectivity index (χ4v) is 11.7. The van der Waals surface area contributed by atoms with E-state index in [9.17, 15) is 23.7 Å². The molecule has 0 saturated carbocycles. The van der Waals surface area contributed by atoms with Crippen LogP contribution in [-0.4, -0.2) is 125 Å². The molecule has 3 fully saturated rings. The van der Waals surface area contributed by atoms with Crippen molar-refractivity contribution in [1.29, 1.82) is 0 Å². The summed E-state index contributed by atoms with van der Waals surface area (Å²) in [7, 11) is -1.05. The summed E-state index contributed by atoms with van der Waals surface area (Å²) in [6.45, 7) is 12.4.